The fourth-order valence-corrected chi connectivity index (χ4v) is 1.93. The normalized spacial score (nSPS) is 24.9. The van der Waals surface area contributed by atoms with E-state index in [1.165, 1.54) is 44.9 Å². The molecule has 2 atom stereocenters. The second-order valence-corrected chi connectivity index (χ2v) is 5.34. The van der Waals surface area contributed by atoms with Gasteiger partial charge in [-0.1, -0.05) is 26.2 Å². The summed E-state index contributed by atoms with van der Waals surface area (Å²) in [5.41, 5.74) is 0. The van der Waals surface area contributed by atoms with Crippen molar-refractivity contribution < 1.29 is 22.3 Å². The fraction of sp³-hybridized carbons (Fsp3) is 1.00. The van der Waals surface area contributed by atoms with Crippen LogP contribution in [0.3, 0.4) is 0 Å². The molecule has 17 heavy (non-hydrogen) atoms. The van der Waals surface area contributed by atoms with Gasteiger partial charge in [0.05, 0.1) is 12.2 Å². The number of rotatable bonds is 4. The first kappa shape index (κ1) is 16.8. The summed E-state index contributed by atoms with van der Waals surface area (Å²) in [7, 11) is -4.67. The quantitative estimate of drug-likeness (QED) is 0.605. The van der Waals surface area contributed by atoms with Crippen LogP contribution in [0.5, 0.6) is 0 Å². The predicted octanol–water partition coefficient (Wildman–Crippen LogP) is 2.87. The lowest BCUT2D eigenvalue weighted by molar-refractivity contribution is -0.0440. The zero-order valence-electron chi connectivity index (χ0n) is 10.6. The highest BCUT2D eigenvalue weighted by atomic mass is 32.3. The molecule has 1 rings (SSSR count). The molecule has 1 aliphatic heterocycles. The van der Waals surface area contributed by atoms with Crippen molar-refractivity contribution in [2.24, 2.45) is 0 Å². The largest absolute Gasteiger partial charge is 0.394 e. The molecule has 1 saturated heterocycles. The third-order valence-electron chi connectivity index (χ3n) is 2.69. The molecule has 6 heteroatoms. The molecular formula is C11H24O5S. The Hall–Kier alpha value is -0.170. The maximum Gasteiger partial charge on any atom is 0.394 e. The summed E-state index contributed by atoms with van der Waals surface area (Å²) in [6.45, 7) is 4.45. The average molecular weight is 268 g/mol. The molecule has 1 fully saturated rings. The molecule has 0 amide bonds. The van der Waals surface area contributed by atoms with Gasteiger partial charge in [0.15, 0.2) is 0 Å². The van der Waals surface area contributed by atoms with Gasteiger partial charge in [0, 0.05) is 0 Å². The first-order valence-corrected chi connectivity index (χ1v) is 7.58. The number of ether oxygens (including phenoxy) is 1. The minimum Gasteiger partial charge on any atom is -0.375 e. The maximum atomic E-state index is 8.74. The molecule has 1 aliphatic rings. The highest BCUT2D eigenvalue weighted by molar-refractivity contribution is 7.79. The number of hydrogen-bond acceptors (Lipinski definition) is 3. The molecule has 5 nitrogen and oxygen atoms in total. The van der Waals surface area contributed by atoms with Crippen molar-refractivity contribution in [3.63, 3.8) is 0 Å². The summed E-state index contributed by atoms with van der Waals surface area (Å²) in [4.78, 5) is 0. The van der Waals surface area contributed by atoms with Crippen LogP contribution in [0.1, 0.15) is 58.8 Å². The lowest BCUT2D eigenvalue weighted by Gasteiger charge is -2.27. The van der Waals surface area contributed by atoms with Gasteiger partial charge in [0.25, 0.3) is 0 Å². The molecule has 104 valence electrons. The summed E-state index contributed by atoms with van der Waals surface area (Å²) in [5, 5.41) is 0. The van der Waals surface area contributed by atoms with Crippen molar-refractivity contribution >= 4 is 10.4 Å². The summed E-state index contributed by atoms with van der Waals surface area (Å²) in [6, 6.07) is 0. The summed E-state index contributed by atoms with van der Waals surface area (Å²) in [5.74, 6) is 0. The van der Waals surface area contributed by atoms with Crippen molar-refractivity contribution in [2.45, 2.75) is 71.0 Å². The Morgan fingerprint density at radius 3 is 2.29 bits per heavy atom. The van der Waals surface area contributed by atoms with Crippen LogP contribution in [0.25, 0.3) is 0 Å². The third-order valence-corrected chi connectivity index (χ3v) is 2.69. The Morgan fingerprint density at radius 2 is 1.82 bits per heavy atom. The Labute approximate surface area is 104 Å². The molecule has 2 N–H and O–H groups in total. The second-order valence-electron chi connectivity index (χ2n) is 4.44. The zero-order valence-corrected chi connectivity index (χ0v) is 11.4. The van der Waals surface area contributed by atoms with Crippen LogP contribution >= 0.6 is 0 Å². The molecule has 0 saturated carbocycles. The Bertz CT molecular complexity index is 268. The Kier molecular flexibility index (Phi) is 8.77. The molecule has 0 aromatic rings. The topological polar surface area (TPSA) is 83.8 Å². The van der Waals surface area contributed by atoms with Crippen LogP contribution < -0.4 is 0 Å². The summed E-state index contributed by atoms with van der Waals surface area (Å²) in [6.07, 6.45) is 10.4. The molecule has 0 aromatic carbocycles. The Balaban J connectivity index is 0.000000437. The van der Waals surface area contributed by atoms with E-state index in [0.717, 1.165) is 0 Å². The van der Waals surface area contributed by atoms with Crippen LogP contribution in [-0.2, 0) is 15.1 Å². The van der Waals surface area contributed by atoms with E-state index in [-0.39, 0.29) is 0 Å². The van der Waals surface area contributed by atoms with Crippen molar-refractivity contribution in [1.29, 1.82) is 0 Å². The molecule has 0 bridgehead atoms. The van der Waals surface area contributed by atoms with E-state index >= 15 is 0 Å². The highest BCUT2D eigenvalue weighted by Gasteiger charge is 2.17. The van der Waals surface area contributed by atoms with E-state index in [4.69, 9.17) is 22.3 Å². The van der Waals surface area contributed by atoms with Gasteiger partial charge < -0.3 is 4.74 Å². The molecule has 0 spiro atoms. The standard InChI is InChI=1S/C11H22O.H2O4S/c1-3-4-5-8-11-9-6-7-10(2)12-11;1-5(2,3)4/h10-11H,3-9H2,1-2H3;(H2,1,2,3,4). The van der Waals surface area contributed by atoms with E-state index in [2.05, 4.69) is 13.8 Å². The van der Waals surface area contributed by atoms with Crippen molar-refractivity contribution in [3.05, 3.63) is 0 Å². The lowest BCUT2D eigenvalue weighted by Crippen LogP contribution is -2.25. The molecule has 2 unspecified atom stereocenters. The average Bonchev–Trinajstić information content (AvgIpc) is 2.15. The molecular weight excluding hydrogens is 244 g/mol. The SMILES string of the molecule is CCCCCC1CCCC(C)O1.O=S(=O)(O)O. The monoisotopic (exact) mass is 268 g/mol. The van der Waals surface area contributed by atoms with E-state index in [1.807, 2.05) is 0 Å². The van der Waals surface area contributed by atoms with Gasteiger partial charge in [-0.15, -0.1) is 0 Å². The van der Waals surface area contributed by atoms with Crippen molar-refractivity contribution in [3.8, 4) is 0 Å². The minimum absolute atomic E-state index is 0.519. The van der Waals surface area contributed by atoms with Crippen LogP contribution in [0.15, 0.2) is 0 Å². The second kappa shape index (κ2) is 8.85. The van der Waals surface area contributed by atoms with Gasteiger partial charge in [-0.25, -0.2) is 0 Å². The van der Waals surface area contributed by atoms with E-state index in [9.17, 15) is 0 Å². The van der Waals surface area contributed by atoms with Gasteiger partial charge in [-0.05, 0) is 32.6 Å². The van der Waals surface area contributed by atoms with E-state index in [0.29, 0.717) is 12.2 Å². The van der Waals surface area contributed by atoms with Gasteiger partial charge in [-0.3, -0.25) is 9.11 Å². The van der Waals surface area contributed by atoms with Gasteiger partial charge in [0.2, 0.25) is 0 Å². The summed E-state index contributed by atoms with van der Waals surface area (Å²) >= 11 is 0. The van der Waals surface area contributed by atoms with Crippen LogP contribution in [0, 0.1) is 0 Å². The Morgan fingerprint density at radius 1 is 1.24 bits per heavy atom. The number of unbranched alkanes of at least 4 members (excludes halogenated alkanes) is 2. The van der Waals surface area contributed by atoms with Gasteiger partial charge in [-0.2, -0.15) is 8.42 Å². The molecule has 0 aromatic heterocycles. The molecule has 1 heterocycles. The number of hydrogen-bond donors (Lipinski definition) is 2. The van der Waals surface area contributed by atoms with Crippen molar-refractivity contribution in [2.75, 3.05) is 0 Å². The fourth-order valence-electron chi connectivity index (χ4n) is 1.93. The lowest BCUT2D eigenvalue weighted by atomic mass is 10.0. The van der Waals surface area contributed by atoms with E-state index in [1.54, 1.807) is 0 Å². The highest BCUT2D eigenvalue weighted by Crippen LogP contribution is 2.22. The summed E-state index contributed by atoms with van der Waals surface area (Å²) < 4.78 is 37.4. The zero-order chi connectivity index (χ0) is 13.3. The molecule has 0 radical (unpaired) electrons. The van der Waals surface area contributed by atoms with Crippen molar-refractivity contribution in [1.82, 2.24) is 0 Å². The first-order chi connectivity index (χ1) is 7.83. The third kappa shape index (κ3) is 13.8. The van der Waals surface area contributed by atoms with Crippen LogP contribution in [-0.4, -0.2) is 29.7 Å². The minimum atomic E-state index is -4.67. The smallest absolute Gasteiger partial charge is 0.375 e. The van der Waals surface area contributed by atoms with Gasteiger partial charge in [0.1, 0.15) is 0 Å². The van der Waals surface area contributed by atoms with Crippen LogP contribution in [0.2, 0.25) is 0 Å². The predicted molar refractivity (Wildman–Crippen MR) is 66.5 cm³/mol. The van der Waals surface area contributed by atoms with E-state index < -0.39 is 10.4 Å². The van der Waals surface area contributed by atoms with Crippen LogP contribution in [0.4, 0.5) is 0 Å². The first-order valence-electron chi connectivity index (χ1n) is 6.18. The van der Waals surface area contributed by atoms with Gasteiger partial charge >= 0.3 is 10.4 Å². The molecule has 0 aliphatic carbocycles. The maximum absolute atomic E-state index is 8.74.